The lowest BCUT2D eigenvalue weighted by molar-refractivity contribution is 0.0459. The van der Waals surface area contributed by atoms with Gasteiger partial charge in [0.1, 0.15) is 17.5 Å². The van der Waals surface area contributed by atoms with E-state index < -0.39 is 5.60 Å². The van der Waals surface area contributed by atoms with Crippen LogP contribution >= 0.6 is 0 Å². The fourth-order valence-electron chi connectivity index (χ4n) is 1.99. The normalized spacial score (nSPS) is 14.7. The fourth-order valence-corrected chi connectivity index (χ4v) is 1.99. The van der Waals surface area contributed by atoms with Gasteiger partial charge in [-0.15, -0.1) is 0 Å². The Balaban J connectivity index is 2.87. The van der Waals surface area contributed by atoms with Crippen molar-refractivity contribution in [3.05, 3.63) is 11.4 Å². The predicted molar refractivity (Wildman–Crippen MR) is 82.9 cm³/mol. The molecule has 1 atom stereocenters. The number of aliphatic hydroxyl groups is 1. The summed E-state index contributed by atoms with van der Waals surface area (Å²) in [4.78, 5) is 10.7. The SMILES string of the molecule is Cc1c(N)nc(C(C)C)nc1NCC(C)(O)CN(C)C. The molecule has 4 N–H and O–H groups in total. The third kappa shape index (κ3) is 4.61. The molecule has 6 heteroatoms. The summed E-state index contributed by atoms with van der Waals surface area (Å²) < 4.78 is 0. The monoisotopic (exact) mass is 281 g/mol. The van der Waals surface area contributed by atoms with E-state index in [9.17, 15) is 5.11 Å². The van der Waals surface area contributed by atoms with E-state index in [4.69, 9.17) is 5.73 Å². The van der Waals surface area contributed by atoms with Gasteiger partial charge in [-0.1, -0.05) is 13.8 Å². The van der Waals surface area contributed by atoms with Gasteiger partial charge < -0.3 is 21.1 Å². The Labute approximate surface area is 121 Å². The highest BCUT2D eigenvalue weighted by molar-refractivity contribution is 5.55. The average Bonchev–Trinajstić information content (AvgIpc) is 2.28. The number of rotatable bonds is 6. The Morgan fingerprint density at radius 1 is 1.35 bits per heavy atom. The van der Waals surface area contributed by atoms with Gasteiger partial charge in [-0.2, -0.15) is 0 Å². The van der Waals surface area contributed by atoms with Crippen molar-refractivity contribution >= 4 is 11.6 Å². The number of hydrogen-bond acceptors (Lipinski definition) is 6. The molecule has 6 nitrogen and oxygen atoms in total. The molecule has 0 bridgehead atoms. The Bertz CT molecular complexity index is 457. The molecule has 0 aliphatic carbocycles. The molecule has 0 spiro atoms. The first kappa shape index (κ1) is 16.7. The third-order valence-corrected chi connectivity index (χ3v) is 3.01. The highest BCUT2D eigenvalue weighted by atomic mass is 16.3. The van der Waals surface area contributed by atoms with Crippen LogP contribution in [0.4, 0.5) is 11.6 Å². The lowest BCUT2D eigenvalue weighted by Gasteiger charge is -2.27. The smallest absolute Gasteiger partial charge is 0.135 e. The summed E-state index contributed by atoms with van der Waals surface area (Å²) in [6.45, 7) is 8.69. The molecule has 1 heterocycles. The molecular formula is C14H27N5O. The van der Waals surface area contributed by atoms with E-state index in [0.717, 1.165) is 5.56 Å². The molecule has 0 aliphatic rings. The van der Waals surface area contributed by atoms with Gasteiger partial charge in [0.25, 0.3) is 0 Å². The van der Waals surface area contributed by atoms with Crippen LogP contribution < -0.4 is 11.1 Å². The quantitative estimate of drug-likeness (QED) is 0.726. The van der Waals surface area contributed by atoms with Crippen molar-refractivity contribution in [2.45, 2.75) is 39.2 Å². The lowest BCUT2D eigenvalue weighted by atomic mass is 10.1. The van der Waals surface area contributed by atoms with E-state index in [2.05, 4.69) is 15.3 Å². The Kier molecular flexibility index (Phi) is 5.30. The van der Waals surface area contributed by atoms with Gasteiger partial charge in [0.2, 0.25) is 0 Å². The first-order valence-electron chi connectivity index (χ1n) is 6.87. The van der Waals surface area contributed by atoms with Crippen molar-refractivity contribution in [3.63, 3.8) is 0 Å². The van der Waals surface area contributed by atoms with Gasteiger partial charge in [-0.3, -0.25) is 0 Å². The molecular weight excluding hydrogens is 254 g/mol. The van der Waals surface area contributed by atoms with E-state index in [1.165, 1.54) is 0 Å². The van der Waals surface area contributed by atoms with E-state index in [0.29, 0.717) is 30.5 Å². The second kappa shape index (κ2) is 6.37. The summed E-state index contributed by atoms with van der Waals surface area (Å²) >= 11 is 0. The van der Waals surface area contributed by atoms with Gasteiger partial charge in [0.15, 0.2) is 0 Å². The molecule has 1 aromatic heterocycles. The van der Waals surface area contributed by atoms with E-state index in [1.807, 2.05) is 39.8 Å². The summed E-state index contributed by atoms with van der Waals surface area (Å²) in [7, 11) is 3.86. The van der Waals surface area contributed by atoms with Gasteiger partial charge in [-0.05, 0) is 27.9 Å². The number of nitrogens with zero attached hydrogens (tertiary/aromatic N) is 3. The minimum absolute atomic E-state index is 0.209. The maximum atomic E-state index is 10.3. The van der Waals surface area contributed by atoms with Crippen LogP contribution in [-0.2, 0) is 0 Å². The fraction of sp³-hybridized carbons (Fsp3) is 0.714. The van der Waals surface area contributed by atoms with Crippen LogP contribution in [0.3, 0.4) is 0 Å². The first-order chi connectivity index (χ1) is 9.12. The molecule has 0 aliphatic heterocycles. The van der Waals surface area contributed by atoms with Gasteiger partial charge >= 0.3 is 0 Å². The van der Waals surface area contributed by atoms with Gasteiger partial charge in [0, 0.05) is 24.6 Å². The number of nitrogens with one attached hydrogen (secondary N) is 1. The third-order valence-electron chi connectivity index (χ3n) is 3.01. The second-order valence-electron chi connectivity index (χ2n) is 6.18. The van der Waals surface area contributed by atoms with Crippen LogP contribution in [0.5, 0.6) is 0 Å². The molecule has 0 saturated heterocycles. The number of nitrogen functional groups attached to an aromatic ring is 1. The number of hydrogen-bond donors (Lipinski definition) is 3. The topological polar surface area (TPSA) is 87.3 Å². The minimum Gasteiger partial charge on any atom is -0.387 e. The van der Waals surface area contributed by atoms with Crippen molar-refractivity contribution in [1.82, 2.24) is 14.9 Å². The molecule has 114 valence electrons. The summed E-state index contributed by atoms with van der Waals surface area (Å²) in [5, 5.41) is 13.5. The molecule has 0 radical (unpaired) electrons. The molecule has 20 heavy (non-hydrogen) atoms. The molecule has 1 aromatic rings. The van der Waals surface area contributed by atoms with Crippen LogP contribution in [0.15, 0.2) is 0 Å². The van der Waals surface area contributed by atoms with Gasteiger partial charge in [0.05, 0.1) is 5.60 Å². The first-order valence-corrected chi connectivity index (χ1v) is 6.87. The zero-order valence-electron chi connectivity index (χ0n) is 13.4. The number of aromatic nitrogens is 2. The van der Waals surface area contributed by atoms with Gasteiger partial charge in [-0.25, -0.2) is 9.97 Å². The number of nitrogens with two attached hydrogens (primary N) is 1. The summed E-state index contributed by atoms with van der Waals surface area (Å²) in [5.74, 6) is 2.10. The molecule has 0 aromatic carbocycles. The average molecular weight is 281 g/mol. The lowest BCUT2D eigenvalue weighted by Crippen LogP contribution is -2.43. The molecule has 1 rings (SSSR count). The van der Waals surface area contributed by atoms with Crippen LogP contribution in [0.25, 0.3) is 0 Å². The van der Waals surface area contributed by atoms with Crippen molar-refractivity contribution in [1.29, 1.82) is 0 Å². The Hall–Kier alpha value is -1.40. The Morgan fingerprint density at radius 3 is 2.45 bits per heavy atom. The maximum absolute atomic E-state index is 10.3. The van der Waals surface area contributed by atoms with Crippen molar-refractivity contribution in [3.8, 4) is 0 Å². The molecule has 0 amide bonds. The standard InChI is InChI=1S/C14H27N5O/c1-9(2)12-17-11(15)10(3)13(18-12)16-7-14(4,20)8-19(5)6/h9,20H,7-8H2,1-6H3,(H3,15,16,17,18). The van der Waals surface area contributed by atoms with Crippen molar-refractivity contribution in [2.24, 2.45) is 0 Å². The maximum Gasteiger partial charge on any atom is 0.135 e. The van der Waals surface area contributed by atoms with Crippen LogP contribution in [0.1, 0.15) is 38.1 Å². The van der Waals surface area contributed by atoms with E-state index in [-0.39, 0.29) is 5.92 Å². The summed E-state index contributed by atoms with van der Waals surface area (Å²) in [6.07, 6.45) is 0. The Morgan fingerprint density at radius 2 is 1.95 bits per heavy atom. The molecule has 0 saturated carbocycles. The van der Waals surface area contributed by atoms with Crippen LogP contribution in [-0.4, -0.2) is 52.8 Å². The van der Waals surface area contributed by atoms with E-state index >= 15 is 0 Å². The summed E-state index contributed by atoms with van der Waals surface area (Å²) in [6, 6.07) is 0. The van der Waals surface area contributed by atoms with Crippen molar-refractivity contribution in [2.75, 3.05) is 38.2 Å². The predicted octanol–water partition coefficient (Wildman–Crippen LogP) is 1.22. The van der Waals surface area contributed by atoms with Crippen LogP contribution in [0, 0.1) is 6.92 Å². The van der Waals surface area contributed by atoms with Crippen molar-refractivity contribution < 1.29 is 5.11 Å². The second-order valence-corrected chi connectivity index (χ2v) is 6.18. The zero-order valence-corrected chi connectivity index (χ0v) is 13.4. The molecule has 0 fully saturated rings. The van der Waals surface area contributed by atoms with Crippen LogP contribution in [0.2, 0.25) is 0 Å². The minimum atomic E-state index is -0.840. The highest BCUT2D eigenvalue weighted by Gasteiger charge is 2.22. The zero-order chi connectivity index (χ0) is 15.5. The largest absolute Gasteiger partial charge is 0.387 e. The van der Waals surface area contributed by atoms with E-state index in [1.54, 1.807) is 6.92 Å². The number of likely N-dealkylation sites (N-methyl/N-ethyl adjacent to an activating group) is 1. The molecule has 1 unspecified atom stereocenters. The summed E-state index contributed by atoms with van der Waals surface area (Å²) in [5.41, 5.74) is 5.89. The number of anilines is 2. The highest BCUT2D eigenvalue weighted by Crippen LogP contribution is 2.21.